The van der Waals surface area contributed by atoms with Crippen molar-refractivity contribution in [3.8, 4) is 0 Å². The molecule has 0 spiro atoms. The summed E-state index contributed by atoms with van der Waals surface area (Å²) in [6.45, 7) is 2.92. The van der Waals surface area contributed by atoms with E-state index in [4.69, 9.17) is 11.6 Å². The third kappa shape index (κ3) is 3.66. The van der Waals surface area contributed by atoms with E-state index < -0.39 is 0 Å². The van der Waals surface area contributed by atoms with Crippen LogP contribution in [0.15, 0.2) is 84.9 Å². The van der Waals surface area contributed by atoms with Gasteiger partial charge in [0.1, 0.15) is 11.4 Å². The quantitative estimate of drug-likeness (QED) is 0.374. The molecule has 3 rings (SSSR count). The molecule has 0 saturated heterocycles. The Labute approximate surface area is 148 Å². The maximum atomic E-state index is 6.45. The predicted molar refractivity (Wildman–Crippen MR) is 103 cm³/mol. The van der Waals surface area contributed by atoms with Crippen LogP contribution in [0.3, 0.4) is 0 Å². The maximum absolute atomic E-state index is 6.45. The molecule has 0 saturated carbocycles. The van der Waals surface area contributed by atoms with Gasteiger partial charge < -0.3 is 0 Å². The fourth-order valence-corrected chi connectivity index (χ4v) is 2.91. The Morgan fingerprint density at radius 1 is 0.833 bits per heavy atom. The number of halogens is 1. The first-order valence-corrected chi connectivity index (χ1v) is 8.44. The van der Waals surface area contributed by atoms with Gasteiger partial charge in [-0.1, -0.05) is 60.1 Å². The van der Waals surface area contributed by atoms with Gasteiger partial charge in [-0.15, -0.1) is 0 Å². The fourth-order valence-electron chi connectivity index (χ4n) is 2.67. The van der Waals surface area contributed by atoms with E-state index in [0.717, 1.165) is 34.3 Å². The van der Waals surface area contributed by atoms with Crippen LogP contribution in [0, 0.1) is 0 Å². The van der Waals surface area contributed by atoms with Crippen LogP contribution in [0.25, 0.3) is 0 Å². The summed E-state index contributed by atoms with van der Waals surface area (Å²) in [6.07, 6.45) is 0. The van der Waals surface area contributed by atoms with Crippen molar-refractivity contribution in [2.75, 3.05) is 11.9 Å². The van der Waals surface area contributed by atoms with E-state index in [0.29, 0.717) is 0 Å². The monoisotopic (exact) mass is 335 g/mol. The van der Waals surface area contributed by atoms with Crippen LogP contribution < -0.4 is 5.32 Å². The van der Waals surface area contributed by atoms with E-state index in [1.165, 1.54) is 0 Å². The number of benzene rings is 3. The lowest BCUT2D eigenvalue weighted by molar-refractivity contribution is -0.435. The number of hydrogen-bond acceptors (Lipinski definition) is 0. The SMILES string of the molecule is CC[N+](=C(Nc1ccccc1)c1ccccc1)c1ccccc1Cl. The molecule has 0 atom stereocenters. The Kier molecular flexibility index (Phi) is 5.29. The molecule has 3 heteroatoms. The molecule has 0 fully saturated rings. The van der Waals surface area contributed by atoms with E-state index >= 15 is 0 Å². The van der Waals surface area contributed by atoms with Crippen LogP contribution in [0.2, 0.25) is 5.02 Å². The zero-order valence-electron chi connectivity index (χ0n) is 13.6. The summed E-state index contributed by atoms with van der Waals surface area (Å²) in [5.74, 6) is 1.01. The summed E-state index contributed by atoms with van der Waals surface area (Å²) in [4.78, 5) is 0. The summed E-state index contributed by atoms with van der Waals surface area (Å²) < 4.78 is 2.20. The summed E-state index contributed by atoms with van der Waals surface area (Å²) in [5.41, 5.74) is 3.15. The Morgan fingerprint density at radius 2 is 1.42 bits per heavy atom. The van der Waals surface area contributed by atoms with Gasteiger partial charge in [-0.2, -0.15) is 0 Å². The first-order chi connectivity index (χ1) is 11.8. The van der Waals surface area contributed by atoms with Gasteiger partial charge in [-0.3, -0.25) is 0 Å². The average Bonchev–Trinajstić information content (AvgIpc) is 2.64. The zero-order valence-corrected chi connectivity index (χ0v) is 14.4. The number of para-hydroxylation sites is 2. The Balaban J connectivity index is 2.16. The number of rotatable bonds is 4. The summed E-state index contributed by atoms with van der Waals surface area (Å²) in [6, 6.07) is 28.4. The molecule has 0 aliphatic rings. The van der Waals surface area contributed by atoms with Crippen molar-refractivity contribution >= 4 is 28.8 Å². The molecule has 0 amide bonds. The van der Waals surface area contributed by atoms with E-state index in [1.54, 1.807) is 0 Å². The molecule has 2 nitrogen and oxygen atoms in total. The predicted octanol–water partition coefficient (Wildman–Crippen LogP) is 5.56. The van der Waals surface area contributed by atoms with E-state index in [2.05, 4.69) is 41.1 Å². The third-order valence-corrected chi connectivity index (χ3v) is 4.13. The Hall–Kier alpha value is -2.58. The number of nitrogens with one attached hydrogen (secondary N) is 1. The summed E-state index contributed by atoms with van der Waals surface area (Å²) in [7, 11) is 0. The van der Waals surface area contributed by atoms with Gasteiger partial charge in [0.15, 0.2) is 0 Å². The summed E-state index contributed by atoms with van der Waals surface area (Å²) >= 11 is 6.45. The molecule has 0 aromatic heterocycles. The van der Waals surface area contributed by atoms with Gasteiger partial charge in [0.05, 0.1) is 17.1 Å². The minimum atomic E-state index is 0.739. The van der Waals surface area contributed by atoms with Gasteiger partial charge in [0, 0.05) is 0 Å². The highest BCUT2D eigenvalue weighted by molar-refractivity contribution is 6.32. The first kappa shape index (κ1) is 16.3. The highest BCUT2D eigenvalue weighted by atomic mass is 35.5. The van der Waals surface area contributed by atoms with Crippen molar-refractivity contribution in [2.24, 2.45) is 0 Å². The smallest absolute Gasteiger partial charge is 0.240 e. The number of nitrogens with zero attached hydrogens (tertiary/aromatic N) is 1. The second-order valence-corrected chi connectivity index (χ2v) is 5.81. The second-order valence-electron chi connectivity index (χ2n) is 5.40. The molecule has 1 N–H and O–H groups in total. The molecule has 0 aliphatic heterocycles. The Bertz CT molecular complexity index is 827. The van der Waals surface area contributed by atoms with E-state index in [1.807, 2.05) is 60.7 Å². The number of hydrogen-bond donors (Lipinski definition) is 1. The van der Waals surface area contributed by atoms with Crippen LogP contribution in [0.5, 0.6) is 0 Å². The van der Waals surface area contributed by atoms with Crippen molar-refractivity contribution in [1.29, 1.82) is 0 Å². The fraction of sp³-hybridized carbons (Fsp3) is 0.0952. The molecule has 0 radical (unpaired) electrons. The molecule has 0 unspecified atom stereocenters. The second kappa shape index (κ2) is 7.80. The average molecular weight is 336 g/mol. The van der Waals surface area contributed by atoms with Gasteiger partial charge in [0.2, 0.25) is 0 Å². The van der Waals surface area contributed by atoms with Gasteiger partial charge in [-0.05, 0) is 43.3 Å². The van der Waals surface area contributed by atoms with Gasteiger partial charge >= 0.3 is 0 Å². The van der Waals surface area contributed by atoms with Crippen LogP contribution in [0.1, 0.15) is 12.5 Å². The van der Waals surface area contributed by atoms with Crippen LogP contribution in [-0.4, -0.2) is 17.0 Å². The lowest BCUT2D eigenvalue weighted by atomic mass is 10.1. The van der Waals surface area contributed by atoms with Gasteiger partial charge in [0.25, 0.3) is 5.84 Å². The number of amidine groups is 1. The molecule has 0 bridgehead atoms. The minimum absolute atomic E-state index is 0.739. The molecular formula is C21H20ClN2+. The minimum Gasteiger partial charge on any atom is -0.240 e. The molecular weight excluding hydrogens is 316 g/mol. The highest BCUT2D eigenvalue weighted by Gasteiger charge is 2.19. The molecule has 120 valence electrons. The standard InChI is InChI=1S/C21H19ClN2/c1-2-24(20-16-10-9-15-19(20)22)21(17-11-5-3-6-12-17)23-18-13-7-4-8-14-18/h3-16H,2H2,1H3/p+1. The van der Waals surface area contributed by atoms with Crippen LogP contribution in [-0.2, 0) is 0 Å². The maximum Gasteiger partial charge on any atom is 0.287 e. The van der Waals surface area contributed by atoms with Crippen molar-refractivity contribution in [2.45, 2.75) is 6.92 Å². The zero-order chi connectivity index (χ0) is 16.8. The molecule has 0 aliphatic carbocycles. The largest absolute Gasteiger partial charge is 0.287 e. The van der Waals surface area contributed by atoms with Crippen LogP contribution in [0.4, 0.5) is 11.4 Å². The normalized spacial score (nSPS) is 11.8. The van der Waals surface area contributed by atoms with Crippen molar-refractivity contribution in [1.82, 2.24) is 0 Å². The van der Waals surface area contributed by atoms with Crippen molar-refractivity contribution in [3.63, 3.8) is 0 Å². The molecule has 24 heavy (non-hydrogen) atoms. The van der Waals surface area contributed by atoms with Crippen LogP contribution >= 0.6 is 11.6 Å². The van der Waals surface area contributed by atoms with Gasteiger partial charge in [-0.25, -0.2) is 9.89 Å². The third-order valence-electron chi connectivity index (χ3n) is 3.81. The molecule has 3 aromatic rings. The van der Waals surface area contributed by atoms with E-state index in [9.17, 15) is 0 Å². The first-order valence-electron chi connectivity index (χ1n) is 8.06. The number of anilines is 1. The summed E-state index contributed by atoms with van der Waals surface area (Å²) in [5, 5.41) is 4.29. The van der Waals surface area contributed by atoms with E-state index in [-0.39, 0.29) is 0 Å². The lowest BCUT2D eigenvalue weighted by Gasteiger charge is -2.13. The molecule has 3 aromatic carbocycles. The lowest BCUT2D eigenvalue weighted by Crippen LogP contribution is -2.26. The van der Waals surface area contributed by atoms with Crippen molar-refractivity contribution in [3.05, 3.63) is 95.5 Å². The molecule has 0 heterocycles. The Morgan fingerprint density at radius 3 is 2.04 bits per heavy atom. The topological polar surface area (TPSA) is 15.0 Å². The highest BCUT2D eigenvalue weighted by Crippen LogP contribution is 2.25. The van der Waals surface area contributed by atoms with Crippen molar-refractivity contribution < 1.29 is 4.58 Å².